The van der Waals surface area contributed by atoms with Gasteiger partial charge in [-0.2, -0.15) is 13.2 Å². The van der Waals surface area contributed by atoms with Crippen molar-refractivity contribution in [2.75, 3.05) is 20.3 Å². The lowest BCUT2D eigenvalue weighted by atomic mass is 9.93. The van der Waals surface area contributed by atoms with E-state index in [2.05, 4.69) is 4.74 Å². The lowest BCUT2D eigenvalue weighted by Gasteiger charge is -2.30. The molecule has 1 heterocycles. The molecule has 0 aromatic rings. The number of alkyl halides is 3. The Labute approximate surface area is 75.0 Å². The molecule has 1 unspecified atom stereocenters. The lowest BCUT2D eigenvalue weighted by Crippen LogP contribution is -2.40. The predicted molar refractivity (Wildman–Crippen MR) is 40.4 cm³/mol. The van der Waals surface area contributed by atoms with E-state index in [0.29, 0.717) is 26.1 Å². The van der Waals surface area contributed by atoms with Crippen molar-refractivity contribution in [2.45, 2.75) is 25.1 Å². The molecule has 0 aromatic heterocycles. The van der Waals surface area contributed by atoms with Gasteiger partial charge >= 0.3 is 6.18 Å². The number of hydrogen-bond acceptors (Lipinski definition) is 2. The summed E-state index contributed by atoms with van der Waals surface area (Å²) < 4.78 is 46.5. The van der Waals surface area contributed by atoms with Crippen LogP contribution in [0.1, 0.15) is 12.8 Å². The van der Waals surface area contributed by atoms with Crippen LogP contribution < -0.4 is 0 Å². The fourth-order valence-electron chi connectivity index (χ4n) is 1.61. The van der Waals surface area contributed by atoms with E-state index in [1.807, 2.05) is 0 Å². The summed E-state index contributed by atoms with van der Waals surface area (Å²) in [4.78, 5) is 0. The number of methoxy groups -OCH3 is 1. The van der Waals surface area contributed by atoms with Crippen LogP contribution in [0, 0.1) is 5.92 Å². The van der Waals surface area contributed by atoms with Crippen LogP contribution in [0.15, 0.2) is 0 Å². The van der Waals surface area contributed by atoms with Gasteiger partial charge in [0.15, 0.2) is 6.10 Å². The quantitative estimate of drug-likeness (QED) is 0.675. The van der Waals surface area contributed by atoms with Crippen molar-refractivity contribution >= 4 is 0 Å². The molecule has 1 fully saturated rings. The Morgan fingerprint density at radius 2 is 1.85 bits per heavy atom. The van der Waals surface area contributed by atoms with Gasteiger partial charge in [0, 0.05) is 20.3 Å². The molecule has 13 heavy (non-hydrogen) atoms. The first-order valence-corrected chi connectivity index (χ1v) is 4.23. The highest BCUT2D eigenvalue weighted by Crippen LogP contribution is 2.32. The van der Waals surface area contributed by atoms with Crippen molar-refractivity contribution in [1.29, 1.82) is 0 Å². The summed E-state index contributed by atoms with van der Waals surface area (Å²) in [7, 11) is 1.10. The van der Waals surface area contributed by atoms with Crippen LogP contribution in [-0.2, 0) is 9.47 Å². The maximum atomic E-state index is 12.3. The molecule has 2 nitrogen and oxygen atoms in total. The van der Waals surface area contributed by atoms with E-state index in [0.717, 1.165) is 7.11 Å². The van der Waals surface area contributed by atoms with E-state index >= 15 is 0 Å². The van der Waals surface area contributed by atoms with E-state index in [1.165, 1.54) is 0 Å². The van der Waals surface area contributed by atoms with Crippen molar-refractivity contribution < 1.29 is 22.6 Å². The Hall–Kier alpha value is -0.290. The fourth-order valence-corrected chi connectivity index (χ4v) is 1.61. The van der Waals surface area contributed by atoms with Crippen molar-refractivity contribution in [3.05, 3.63) is 0 Å². The van der Waals surface area contributed by atoms with Crippen LogP contribution in [0.3, 0.4) is 0 Å². The Morgan fingerprint density at radius 3 is 2.23 bits per heavy atom. The maximum absolute atomic E-state index is 12.3. The first kappa shape index (κ1) is 10.8. The SMILES string of the molecule is COC(C1CCOCC1)C(F)(F)F. The summed E-state index contributed by atoms with van der Waals surface area (Å²) in [6.07, 6.45) is -5.02. The average molecular weight is 198 g/mol. The third kappa shape index (κ3) is 2.84. The zero-order valence-corrected chi connectivity index (χ0v) is 7.43. The van der Waals surface area contributed by atoms with E-state index < -0.39 is 18.2 Å². The molecule has 0 aliphatic carbocycles. The lowest BCUT2D eigenvalue weighted by molar-refractivity contribution is -0.234. The summed E-state index contributed by atoms with van der Waals surface area (Å²) in [5, 5.41) is 0. The molecule has 0 bridgehead atoms. The van der Waals surface area contributed by atoms with Gasteiger partial charge in [0.1, 0.15) is 0 Å². The topological polar surface area (TPSA) is 18.5 Å². The second kappa shape index (κ2) is 4.28. The molecule has 0 amide bonds. The summed E-state index contributed by atoms with van der Waals surface area (Å²) in [6.45, 7) is 0.807. The largest absolute Gasteiger partial charge is 0.414 e. The first-order valence-electron chi connectivity index (χ1n) is 4.23. The molecule has 0 spiro atoms. The molecule has 5 heteroatoms. The van der Waals surface area contributed by atoms with E-state index in [9.17, 15) is 13.2 Å². The Morgan fingerprint density at radius 1 is 1.31 bits per heavy atom. The molecule has 0 saturated carbocycles. The number of rotatable bonds is 2. The third-order valence-electron chi connectivity index (χ3n) is 2.27. The van der Waals surface area contributed by atoms with Crippen LogP contribution in [0.25, 0.3) is 0 Å². The van der Waals surface area contributed by atoms with Gasteiger partial charge in [0.25, 0.3) is 0 Å². The highest BCUT2D eigenvalue weighted by molar-refractivity contribution is 4.78. The summed E-state index contributed by atoms with van der Waals surface area (Å²) >= 11 is 0. The Balaban J connectivity index is 2.54. The molecule has 0 radical (unpaired) electrons. The van der Waals surface area contributed by atoms with Gasteiger partial charge in [0.05, 0.1) is 0 Å². The molecule has 1 aliphatic rings. The van der Waals surface area contributed by atoms with Crippen LogP contribution in [-0.4, -0.2) is 32.6 Å². The number of hydrogen-bond donors (Lipinski definition) is 0. The molecular weight excluding hydrogens is 185 g/mol. The van der Waals surface area contributed by atoms with Crippen LogP contribution >= 0.6 is 0 Å². The molecule has 1 rings (SSSR count). The minimum Gasteiger partial charge on any atom is -0.381 e. The fraction of sp³-hybridized carbons (Fsp3) is 1.00. The first-order chi connectivity index (χ1) is 6.05. The molecule has 1 atom stereocenters. The molecular formula is C8H13F3O2. The standard InChI is InChI=1S/C8H13F3O2/c1-12-7(8(9,10)11)6-2-4-13-5-3-6/h6-7H,2-5H2,1H3. The third-order valence-corrected chi connectivity index (χ3v) is 2.27. The summed E-state index contributed by atoms with van der Waals surface area (Å²) in [6, 6.07) is 0. The second-order valence-electron chi connectivity index (χ2n) is 3.15. The Kier molecular flexibility index (Phi) is 3.55. The summed E-state index contributed by atoms with van der Waals surface area (Å²) in [5.41, 5.74) is 0. The minimum atomic E-state index is -4.25. The average Bonchev–Trinajstić information content (AvgIpc) is 2.05. The minimum absolute atomic E-state index is 0.403. The molecule has 1 saturated heterocycles. The van der Waals surface area contributed by atoms with Gasteiger partial charge in [-0.3, -0.25) is 0 Å². The maximum Gasteiger partial charge on any atom is 0.414 e. The van der Waals surface area contributed by atoms with Crippen molar-refractivity contribution in [2.24, 2.45) is 5.92 Å². The van der Waals surface area contributed by atoms with Gasteiger partial charge in [-0.15, -0.1) is 0 Å². The summed E-state index contributed by atoms with van der Waals surface area (Å²) in [5.74, 6) is -0.446. The smallest absolute Gasteiger partial charge is 0.381 e. The van der Waals surface area contributed by atoms with E-state index in [-0.39, 0.29) is 0 Å². The van der Waals surface area contributed by atoms with Gasteiger partial charge < -0.3 is 9.47 Å². The van der Waals surface area contributed by atoms with Crippen molar-refractivity contribution in [3.8, 4) is 0 Å². The monoisotopic (exact) mass is 198 g/mol. The van der Waals surface area contributed by atoms with Crippen molar-refractivity contribution in [3.63, 3.8) is 0 Å². The van der Waals surface area contributed by atoms with E-state index in [4.69, 9.17) is 4.74 Å². The van der Waals surface area contributed by atoms with Crippen LogP contribution in [0.2, 0.25) is 0 Å². The van der Waals surface area contributed by atoms with Gasteiger partial charge in [-0.1, -0.05) is 0 Å². The highest BCUT2D eigenvalue weighted by atomic mass is 19.4. The molecule has 1 aliphatic heterocycles. The predicted octanol–water partition coefficient (Wildman–Crippen LogP) is 1.99. The number of ether oxygens (including phenoxy) is 2. The van der Waals surface area contributed by atoms with Crippen LogP contribution in [0.4, 0.5) is 13.2 Å². The van der Waals surface area contributed by atoms with Gasteiger partial charge in [-0.05, 0) is 18.8 Å². The molecule has 78 valence electrons. The number of halogens is 3. The zero-order valence-electron chi connectivity index (χ0n) is 7.43. The van der Waals surface area contributed by atoms with E-state index in [1.54, 1.807) is 0 Å². The van der Waals surface area contributed by atoms with Gasteiger partial charge in [-0.25, -0.2) is 0 Å². The molecule has 0 N–H and O–H groups in total. The molecule has 0 aromatic carbocycles. The van der Waals surface area contributed by atoms with Gasteiger partial charge in [0.2, 0.25) is 0 Å². The van der Waals surface area contributed by atoms with Crippen molar-refractivity contribution in [1.82, 2.24) is 0 Å². The highest BCUT2D eigenvalue weighted by Gasteiger charge is 2.45. The van der Waals surface area contributed by atoms with Crippen LogP contribution in [0.5, 0.6) is 0 Å². The second-order valence-corrected chi connectivity index (χ2v) is 3.15. The Bertz CT molecular complexity index is 152. The zero-order chi connectivity index (χ0) is 9.90. The normalized spacial score (nSPS) is 23.1.